The van der Waals surface area contributed by atoms with E-state index in [4.69, 9.17) is 4.74 Å². The van der Waals surface area contributed by atoms with Gasteiger partial charge < -0.3 is 9.84 Å². The predicted molar refractivity (Wildman–Crippen MR) is 81.6 cm³/mol. The highest BCUT2D eigenvalue weighted by atomic mass is 16.5. The van der Waals surface area contributed by atoms with Crippen molar-refractivity contribution in [3.63, 3.8) is 0 Å². The van der Waals surface area contributed by atoms with Crippen molar-refractivity contribution in [1.29, 1.82) is 0 Å². The van der Waals surface area contributed by atoms with Crippen LogP contribution in [0.2, 0.25) is 0 Å². The molecule has 1 N–H and O–H groups in total. The van der Waals surface area contributed by atoms with Crippen LogP contribution >= 0.6 is 0 Å². The van der Waals surface area contributed by atoms with Gasteiger partial charge in [-0.15, -0.1) is 0 Å². The third-order valence-corrected chi connectivity index (χ3v) is 5.46. The van der Waals surface area contributed by atoms with Crippen molar-refractivity contribution >= 4 is 5.97 Å². The molecular weight excluding hydrogens is 264 g/mol. The maximum absolute atomic E-state index is 11.9. The van der Waals surface area contributed by atoms with E-state index in [0.29, 0.717) is 18.4 Å². The molecule has 21 heavy (non-hydrogen) atoms. The van der Waals surface area contributed by atoms with Crippen LogP contribution in [0.25, 0.3) is 0 Å². The van der Waals surface area contributed by atoms with E-state index in [1.165, 1.54) is 5.56 Å². The Bertz CT molecular complexity index is 525. The van der Waals surface area contributed by atoms with E-state index in [9.17, 15) is 9.90 Å². The Morgan fingerprint density at radius 2 is 2.19 bits per heavy atom. The summed E-state index contributed by atoms with van der Waals surface area (Å²) in [4.78, 5) is 11.9. The summed E-state index contributed by atoms with van der Waals surface area (Å²) in [5, 5.41) is 9.82. The largest absolute Gasteiger partial charge is 0.493 e. The van der Waals surface area contributed by atoms with Crippen molar-refractivity contribution in [1.82, 2.24) is 0 Å². The van der Waals surface area contributed by atoms with Crippen LogP contribution in [0.1, 0.15) is 56.9 Å². The first-order valence-corrected chi connectivity index (χ1v) is 8.10. The highest BCUT2D eigenvalue weighted by Crippen LogP contribution is 2.51. The number of hydrogen-bond acceptors (Lipinski definition) is 2. The molecule has 3 nitrogen and oxygen atoms in total. The van der Waals surface area contributed by atoms with Gasteiger partial charge in [0.2, 0.25) is 0 Å². The van der Waals surface area contributed by atoms with Crippen LogP contribution in [0, 0.1) is 11.3 Å². The summed E-state index contributed by atoms with van der Waals surface area (Å²) in [6.45, 7) is 2.88. The molecule has 1 aliphatic carbocycles. The second-order valence-corrected chi connectivity index (χ2v) is 6.68. The number of fused-ring (bicyclic) bond motifs is 1. The van der Waals surface area contributed by atoms with E-state index >= 15 is 0 Å². The van der Waals surface area contributed by atoms with E-state index in [1.807, 2.05) is 18.2 Å². The van der Waals surface area contributed by atoms with Gasteiger partial charge >= 0.3 is 5.97 Å². The Morgan fingerprint density at radius 3 is 2.90 bits per heavy atom. The Kier molecular flexibility index (Phi) is 3.92. The van der Waals surface area contributed by atoms with Crippen LogP contribution in [0.15, 0.2) is 24.3 Å². The molecule has 0 radical (unpaired) electrons. The number of carbonyl (C=O) groups is 1. The van der Waals surface area contributed by atoms with Crippen LogP contribution in [0.4, 0.5) is 0 Å². The second kappa shape index (κ2) is 5.70. The van der Waals surface area contributed by atoms with Gasteiger partial charge in [-0.3, -0.25) is 4.79 Å². The van der Waals surface area contributed by atoms with Crippen LogP contribution in [-0.4, -0.2) is 17.7 Å². The zero-order valence-corrected chi connectivity index (χ0v) is 12.7. The first-order chi connectivity index (χ1) is 10.1. The van der Waals surface area contributed by atoms with Crippen LogP contribution in [-0.2, 0) is 4.79 Å². The summed E-state index contributed by atoms with van der Waals surface area (Å²) in [5.74, 6) is 1.25. The number of para-hydroxylation sites is 1. The lowest BCUT2D eigenvalue weighted by Gasteiger charge is -2.33. The summed E-state index contributed by atoms with van der Waals surface area (Å²) >= 11 is 0. The first-order valence-electron chi connectivity index (χ1n) is 8.10. The monoisotopic (exact) mass is 288 g/mol. The van der Waals surface area contributed by atoms with Crippen LogP contribution in [0.3, 0.4) is 0 Å². The normalized spacial score (nSPS) is 31.5. The quantitative estimate of drug-likeness (QED) is 0.902. The Morgan fingerprint density at radius 1 is 1.38 bits per heavy atom. The predicted octanol–water partition coefficient (Wildman–Crippen LogP) is 4.22. The molecule has 0 aromatic heterocycles. The lowest BCUT2D eigenvalue weighted by atomic mass is 9.73. The van der Waals surface area contributed by atoms with Gasteiger partial charge in [-0.1, -0.05) is 31.5 Å². The van der Waals surface area contributed by atoms with Gasteiger partial charge in [-0.2, -0.15) is 0 Å². The summed E-state index contributed by atoms with van der Waals surface area (Å²) in [7, 11) is 0. The molecule has 0 saturated heterocycles. The average molecular weight is 288 g/mol. The van der Waals surface area contributed by atoms with E-state index in [-0.39, 0.29) is 0 Å². The first kappa shape index (κ1) is 14.4. The van der Waals surface area contributed by atoms with Crippen molar-refractivity contribution < 1.29 is 14.6 Å². The topological polar surface area (TPSA) is 46.5 Å². The van der Waals surface area contributed by atoms with Crippen LogP contribution in [0.5, 0.6) is 5.75 Å². The number of ether oxygens (including phenoxy) is 1. The van der Waals surface area contributed by atoms with Gasteiger partial charge in [0.1, 0.15) is 5.75 Å². The highest BCUT2D eigenvalue weighted by molar-refractivity contribution is 5.75. The van der Waals surface area contributed by atoms with Crippen molar-refractivity contribution in [2.24, 2.45) is 11.3 Å². The molecule has 3 atom stereocenters. The number of carboxylic acid groups (broad SMARTS) is 1. The molecule has 0 amide bonds. The lowest BCUT2D eigenvalue weighted by molar-refractivity contribution is -0.149. The SMILES string of the molecule is CCC1CCC(CC2CCOc3ccccc32)(C(=O)O)C1. The van der Waals surface area contributed by atoms with Gasteiger partial charge in [-0.25, -0.2) is 0 Å². The highest BCUT2D eigenvalue weighted by Gasteiger charge is 2.46. The van der Waals surface area contributed by atoms with Crippen LogP contribution < -0.4 is 4.74 Å². The van der Waals surface area contributed by atoms with Crippen molar-refractivity contribution in [2.45, 2.75) is 51.4 Å². The van der Waals surface area contributed by atoms with Crippen molar-refractivity contribution in [3.8, 4) is 5.75 Å². The maximum Gasteiger partial charge on any atom is 0.309 e. The lowest BCUT2D eigenvalue weighted by Crippen LogP contribution is -2.31. The number of benzene rings is 1. The zero-order valence-electron chi connectivity index (χ0n) is 12.7. The minimum Gasteiger partial charge on any atom is -0.493 e. The fourth-order valence-electron chi connectivity index (χ4n) is 4.15. The molecule has 0 spiro atoms. The Labute approximate surface area is 126 Å². The minimum atomic E-state index is -0.595. The molecule has 3 unspecified atom stereocenters. The third kappa shape index (κ3) is 2.66. The molecule has 1 fully saturated rings. The van der Waals surface area contributed by atoms with Gasteiger partial charge in [-0.05, 0) is 55.6 Å². The van der Waals surface area contributed by atoms with Gasteiger partial charge in [0, 0.05) is 0 Å². The Balaban J connectivity index is 1.83. The zero-order chi connectivity index (χ0) is 14.9. The van der Waals surface area contributed by atoms with Gasteiger partial charge in [0.25, 0.3) is 0 Å². The number of aliphatic carboxylic acids is 1. The number of carboxylic acids is 1. The van der Waals surface area contributed by atoms with E-state index in [2.05, 4.69) is 13.0 Å². The van der Waals surface area contributed by atoms with Gasteiger partial charge in [0.05, 0.1) is 12.0 Å². The maximum atomic E-state index is 11.9. The second-order valence-electron chi connectivity index (χ2n) is 6.68. The van der Waals surface area contributed by atoms with E-state index < -0.39 is 11.4 Å². The summed E-state index contributed by atoms with van der Waals surface area (Å²) in [5.41, 5.74) is 0.680. The van der Waals surface area contributed by atoms with Crippen molar-refractivity contribution in [3.05, 3.63) is 29.8 Å². The van der Waals surface area contributed by atoms with E-state index in [0.717, 1.165) is 44.3 Å². The van der Waals surface area contributed by atoms with Crippen molar-refractivity contribution in [2.75, 3.05) is 6.61 Å². The summed E-state index contributed by atoms with van der Waals surface area (Å²) < 4.78 is 5.71. The number of hydrogen-bond donors (Lipinski definition) is 1. The smallest absolute Gasteiger partial charge is 0.309 e. The molecule has 3 rings (SSSR count). The molecule has 1 aromatic rings. The van der Waals surface area contributed by atoms with Gasteiger partial charge in [0.15, 0.2) is 0 Å². The molecule has 1 saturated carbocycles. The minimum absolute atomic E-state index is 0.321. The Hall–Kier alpha value is -1.51. The summed E-state index contributed by atoms with van der Waals surface area (Å²) in [6, 6.07) is 8.10. The fourth-order valence-corrected chi connectivity index (χ4v) is 4.15. The molecule has 114 valence electrons. The molecule has 2 aliphatic rings. The molecular formula is C18H24O3. The molecule has 3 heteroatoms. The molecule has 1 heterocycles. The molecule has 1 aliphatic heterocycles. The standard InChI is InChI=1S/C18H24O3/c1-2-13-7-9-18(11-13,17(19)20)12-14-8-10-21-16-6-4-3-5-15(14)16/h3-6,13-14H,2,7-12H2,1H3,(H,19,20). The third-order valence-electron chi connectivity index (χ3n) is 5.46. The molecule has 1 aromatic carbocycles. The average Bonchev–Trinajstić information content (AvgIpc) is 2.92. The number of rotatable bonds is 4. The summed E-state index contributed by atoms with van der Waals surface area (Å²) in [6.07, 6.45) is 5.54. The fraction of sp³-hybridized carbons (Fsp3) is 0.611. The van der Waals surface area contributed by atoms with E-state index in [1.54, 1.807) is 0 Å². The molecule has 0 bridgehead atoms.